The van der Waals surface area contributed by atoms with Crippen molar-refractivity contribution in [2.75, 3.05) is 6.54 Å². The van der Waals surface area contributed by atoms with Crippen LogP contribution in [0.4, 0.5) is 0 Å². The summed E-state index contributed by atoms with van der Waals surface area (Å²) >= 11 is 0. The Labute approximate surface area is 119 Å². The smallest absolute Gasteiger partial charge is 0.0483 e. The van der Waals surface area contributed by atoms with Gasteiger partial charge in [-0.2, -0.15) is 0 Å². The van der Waals surface area contributed by atoms with E-state index >= 15 is 0 Å². The van der Waals surface area contributed by atoms with Gasteiger partial charge in [0.15, 0.2) is 0 Å². The van der Waals surface area contributed by atoms with Crippen LogP contribution >= 0.6 is 0 Å². The Morgan fingerprint density at radius 3 is 2.70 bits per heavy atom. The van der Waals surface area contributed by atoms with E-state index in [1.165, 1.54) is 22.0 Å². The summed E-state index contributed by atoms with van der Waals surface area (Å²) in [6, 6.07) is 13.0. The average molecular weight is 265 g/mol. The zero-order valence-corrected chi connectivity index (χ0v) is 11.7. The monoisotopic (exact) mass is 265 g/mol. The Balaban J connectivity index is 1.86. The summed E-state index contributed by atoms with van der Waals surface area (Å²) < 4.78 is 2.28. The second kappa shape index (κ2) is 5.88. The average Bonchev–Trinajstić information content (AvgIpc) is 2.89. The van der Waals surface area contributed by atoms with Crippen LogP contribution in [0, 0.1) is 0 Å². The first-order valence-corrected chi connectivity index (χ1v) is 7.04. The molecule has 2 aromatic heterocycles. The van der Waals surface area contributed by atoms with E-state index in [0.717, 1.165) is 19.6 Å². The number of benzene rings is 1. The van der Waals surface area contributed by atoms with Crippen LogP contribution in [0.2, 0.25) is 0 Å². The summed E-state index contributed by atoms with van der Waals surface area (Å²) in [5.74, 6) is 0. The predicted molar refractivity (Wildman–Crippen MR) is 82.7 cm³/mol. The Kier molecular flexibility index (Phi) is 3.79. The number of nitrogens with one attached hydrogen (secondary N) is 1. The van der Waals surface area contributed by atoms with Crippen molar-refractivity contribution in [1.82, 2.24) is 14.9 Å². The van der Waals surface area contributed by atoms with Gasteiger partial charge in [-0.3, -0.25) is 4.98 Å². The standard InChI is InChI=1S/C17H19N3/c1-2-18-12-15-3-4-17-16(11-15)7-10-20(17)13-14-5-8-19-9-6-14/h3-11,18H,2,12-13H2,1H3. The molecule has 0 saturated heterocycles. The molecular weight excluding hydrogens is 246 g/mol. The molecule has 2 heterocycles. The molecule has 3 rings (SSSR count). The fourth-order valence-corrected chi connectivity index (χ4v) is 2.45. The summed E-state index contributed by atoms with van der Waals surface area (Å²) in [7, 11) is 0. The lowest BCUT2D eigenvalue weighted by atomic mass is 10.1. The molecule has 1 N–H and O–H groups in total. The van der Waals surface area contributed by atoms with Crippen molar-refractivity contribution in [3.05, 3.63) is 66.1 Å². The van der Waals surface area contributed by atoms with Gasteiger partial charge in [-0.25, -0.2) is 0 Å². The summed E-state index contributed by atoms with van der Waals surface area (Å²) in [4.78, 5) is 4.06. The van der Waals surface area contributed by atoms with E-state index in [9.17, 15) is 0 Å². The van der Waals surface area contributed by atoms with E-state index in [1.807, 2.05) is 12.4 Å². The van der Waals surface area contributed by atoms with Crippen LogP contribution in [0.3, 0.4) is 0 Å². The van der Waals surface area contributed by atoms with Crippen molar-refractivity contribution in [2.24, 2.45) is 0 Å². The Morgan fingerprint density at radius 1 is 1.05 bits per heavy atom. The quantitative estimate of drug-likeness (QED) is 0.768. The number of rotatable bonds is 5. The van der Waals surface area contributed by atoms with Crippen molar-refractivity contribution in [3.63, 3.8) is 0 Å². The zero-order valence-electron chi connectivity index (χ0n) is 11.7. The van der Waals surface area contributed by atoms with Gasteiger partial charge in [0.05, 0.1) is 0 Å². The molecule has 0 aliphatic heterocycles. The molecule has 3 heteroatoms. The van der Waals surface area contributed by atoms with Gasteiger partial charge in [0.1, 0.15) is 0 Å². The summed E-state index contributed by atoms with van der Waals surface area (Å²) in [6.07, 6.45) is 5.84. The van der Waals surface area contributed by atoms with Gasteiger partial charge >= 0.3 is 0 Å². The van der Waals surface area contributed by atoms with E-state index in [1.54, 1.807) is 0 Å². The molecule has 0 atom stereocenters. The van der Waals surface area contributed by atoms with Gasteiger partial charge < -0.3 is 9.88 Å². The van der Waals surface area contributed by atoms with E-state index in [0.29, 0.717) is 0 Å². The molecule has 1 aromatic carbocycles. The first-order valence-electron chi connectivity index (χ1n) is 7.04. The molecule has 0 amide bonds. The highest BCUT2D eigenvalue weighted by atomic mass is 14.9. The second-order valence-electron chi connectivity index (χ2n) is 4.97. The van der Waals surface area contributed by atoms with E-state index in [4.69, 9.17) is 0 Å². The third-order valence-corrected chi connectivity index (χ3v) is 3.52. The van der Waals surface area contributed by atoms with Crippen LogP contribution in [0.25, 0.3) is 10.9 Å². The number of nitrogens with zero attached hydrogens (tertiary/aromatic N) is 2. The second-order valence-corrected chi connectivity index (χ2v) is 4.97. The van der Waals surface area contributed by atoms with Gasteiger partial charge in [-0.15, -0.1) is 0 Å². The highest BCUT2D eigenvalue weighted by molar-refractivity contribution is 5.81. The van der Waals surface area contributed by atoms with Crippen LogP contribution in [0.1, 0.15) is 18.1 Å². The Hall–Kier alpha value is -2.13. The lowest BCUT2D eigenvalue weighted by Gasteiger charge is -2.07. The lowest BCUT2D eigenvalue weighted by Crippen LogP contribution is -2.11. The zero-order chi connectivity index (χ0) is 13.8. The van der Waals surface area contributed by atoms with Crippen LogP contribution in [-0.2, 0) is 13.1 Å². The Morgan fingerprint density at radius 2 is 1.90 bits per heavy atom. The first kappa shape index (κ1) is 12.9. The van der Waals surface area contributed by atoms with Crippen molar-refractivity contribution in [2.45, 2.75) is 20.0 Å². The first-order chi connectivity index (χ1) is 9.86. The maximum Gasteiger partial charge on any atom is 0.0483 e. The van der Waals surface area contributed by atoms with Crippen molar-refractivity contribution in [1.29, 1.82) is 0 Å². The van der Waals surface area contributed by atoms with Crippen LogP contribution in [0.15, 0.2) is 55.0 Å². The topological polar surface area (TPSA) is 29.9 Å². The molecule has 20 heavy (non-hydrogen) atoms. The minimum Gasteiger partial charge on any atom is -0.343 e. The molecule has 0 aliphatic carbocycles. The largest absolute Gasteiger partial charge is 0.343 e. The fourth-order valence-electron chi connectivity index (χ4n) is 2.45. The normalized spacial score (nSPS) is 11.1. The van der Waals surface area contributed by atoms with Crippen molar-refractivity contribution >= 4 is 10.9 Å². The van der Waals surface area contributed by atoms with Crippen LogP contribution < -0.4 is 5.32 Å². The molecule has 0 saturated carbocycles. The molecule has 0 bridgehead atoms. The number of pyridine rings is 1. The van der Waals surface area contributed by atoms with Crippen LogP contribution in [0.5, 0.6) is 0 Å². The maximum absolute atomic E-state index is 4.06. The summed E-state index contributed by atoms with van der Waals surface area (Å²) in [6.45, 7) is 4.95. The molecule has 0 aliphatic rings. The maximum atomic E-state index is 4.06. The van der Waals surface area contributed by atoms with Crippen molar-refractivity contribution < 1.29 is 0 Å². The third kappa shape index (κ3) is 2.73. The number of fused-ring (bicyclic) bond motifs is 1. The summed E-state index contributed by atoms with van der Waals surface area (Å²) in [5, 5.41) is 4.66. The molecule has 0 radical (unpaired) electrons. The highest BCUT2D eigenvalue weighted by Crippen LogP contribution is 2.19. The molecular formula is C17H19N3. The van der Waals surface area contributed by atoms with E-state index < -0.39 is 0 Å². The van der Waals surface area contributed by atoms with E-state index in [-0.39, 0.29) is 0 Å². The van der Waals surface area contributed by atoms with Gasteiger partial charge in [0, 0.05) is 37.2 Å². The molecule has 0 spiro atoms. The van der Waals surface area contributed by atoms with Gasteiger partial charge in [-0.05, 0) is 53.4 Å². The number of hydrogen-bond acceptors (Lipinski definition) is 2. The van der Waals surface area contributed by atoms with Crippen LogP contribution in [-0.4, -0.2) is 16.1 Å². The fraction of sp³-hybridized carbons (Fsp3) is 0.235. The Bertz CT molecular complexity index is 686. The minimum absolute atomic E-state index is 0.887. The number of hydrogen-bond donors (Lipinski definition) is 1. The SMILES string of the molecule is CCNCc1ccc2c(ccn2Cc2ccncc2)c1. The molecule has 0 fully saturated rings. The summed E-state index contributed by atoms with van der Waals surface area (Å²) in [5.41, 5.74) is 3.89. The van der Waals surface area contributed by atoms with Gasteiger partial charge in [0.25, 0.3) is 0 Å². The predicted octanol–water partition coefficient (Wildman–Crippen LogP) is 3.19. The van der Waals surface area contributed by atoms with E-state index in [2.05, 4.69) is 64.4 Å². The highest BCUT2D eigenvalue weighted by Gasteiger charge is 2.03. The molecule has 0 unspecified atom stereocenters. The molecule has 3 aromatic rings. The van der Waals surface area contributed by atoms with Gasteiger partial charge in [0.2, 0.25) is 0 Å². The van der Waals surface area contributed by atoms with Gasteiger partial charge in [-0.1, -0.05) is 13.0 Å². The van der Waals surface area contributed by atoms with Crippen molar-refractivity contribution in [3.8, 4) is 0 Å². The third-order valence-electron chi connectivity index (χ3n) is 3.52. The lowest BCUT2D eigenvalue weighted by molar-refractivity contribution is 0.727. The minimum atomic E-state index is 0.887. The number of aromatic nitrogens is 2. The molecule has 3 nitrogen and oxygen atoms in total. The molecule has 102 valence electrons.